The molecule has 3 aromatic rings. The third kappa shape index (κ3) is 8.62. The van der Waals surface area contributed by atoms with Gasteiger partial charge in [-0.3, -0.25) is 9.69 Å². The molecule has 0 atom stereocenters. The Morgan fingerprint density at radius 3 is 2.56 bits per heavy atom. The van der Waals surface area contributed by atoms with Crippen molar-refractivity contribution in [2.75, 3.05) is 62.7 Å². The maximum Gasteiger partial charge on any atom is 0.253 e. The molecule has 45 heavy (non-hydrogen) atoms. The molecule has 2 heterocycles. The van der Waals surface area contributed by atoms with E-state index in [9.17, 15) is 9.18 Å². The summed E-state index contributed by atoms with van der Waals surface area (Å²) in [7, 11) is 0. The summed E-state index contributed by atoms with van der Waals surface area (Å²) in [6, 6.07) is 20.7. The Bertz CT molecular complexity index is 1470. The van der Waals surface area contributed by atoms with Crippen molar-refractivity contribution in [2.24, 2.45) is 5.92 Å². The minimum Gasteiger partial charge on any atom is -0.379 e. The van der Waals surface area contributed by atoms with Crippen LogP contribution in [0.25, 0.3) is 6.08 Å². The summed E-state index contributed by atoms with van der Waals surface area (Å²) >= 11 is 0. The highest BCUT2D eigenvalue weighted by Gasteiger charge is 2.28. The smallest absolute Gasteiger partial charge is 0.253 e. The largest absolute Gasteiger partial charge is 0.379 e. The number of carbonyl (C=O) groups excluding carboxylic acids is 1. The van der Waals surface area contributed by atoms with Gasteiger partial charge in [0.1, 0.15) is 5.82 Å². The predicted octanol–water partition coefficient (Wildman–Crippen LogP) is 7.90. The van der Waals surface area contributed by atoms with E-state index in [4.69, 9.17) is 4.74 Å². The van der Waals surface area contributed by atoms with Crippen LogP contribution in [0.4, 0.5) is 21.5 Å². The number of amides is 1. The third-order valence-corrected chi connectivity index (χ3v) is 8.90. The van der Waals surface area contributed by atoms with Crippen molar-refractivity contribution in [2.45, 2.75) is 39.5 Å². The number of hydrogen-bond acceptors (Lipinski definition) is 5. The van der Waals surface area contributed by atoms with Crippen molar-refractivity contribution < 1.29 is 13.9 Å². The number of benzene rings is 3. The number of unbranched alkanes of at least 4 members (excludes halogenated alkanes) is 1. The summed E-state index contributed by atoms with van der Waals surface area (Å²) in [6.45, 7) is 15.7. The molecule has 3 aromatic carbocycles. The average Bonchev–Trinajstić information content (AvgIpc) is 3.06. The summed E-state index contributed by atoms with van der Waals surface area (Å²) in [6.07, 6.45) is 7.92. The van der Waals surface area contributed by atoms with Crippen LogP contribution in [0.1, 0.15) is 54.1 Å². The zero-order valence-corrected chi connectivity index (χ0v) is 26.8. The van der Waals surface area contributed by atoms with Crippen LogP contribution >= 0.6 is 0 Å². The van der Waals surface area contributed by atoms with Gasteiger partial charge in [-0.25, -0.2) is 4.39 Å². The molecule has 6 nitrogen and oxygen atoms in total. The molecule has 0 bridgehead atoms. The minimum atomic E-state index is -0.292. The molecule has 0 aliphatic carbocycles. The van der Waals surface area contributed by atoms with Gasteiger partial charge in [-0.2, -0.15) is 0 Å². The number of nitrogens with zero attached hydrogens (tertiary/aromatic N) is 3. The quantitative estimate of drug-likeness (QED) is 0.226. The number of likely N-dealkylation sites (tertiary alicyclic amines) is 1. The molecular formula is C38H47FN4O2. The number of ether oxygens (including phenoxy) is 1. The highest BCUT2D eigenvalue weighted by atomic mass is 19.1. The Kier molecular flexibility index (Phi) is 11.4. The van der Waals surface area contributed by atoms with Crippen molar-refractivity contribution in [1.29, 1.82) is 0 Å². The van der Waals surface area contributed by atoms with Crippen LogP contribution in [0, 0.1) is 18.7 Å². The van der Waals surface area contributed by atoms with E-state index in [1.165, 1.54) is 23.4 Å². The Labute approximate surface area is 268 Å². The van der Waals surface area contributed by atoms with Crippen molar-refractivity contribution >= 4 is 29.0 Å². The van der Waals surface area contributed by atoms with Crippen LogP contribution in [0.3, 0.4) is 0 Å². The Morgan fingerprint density at radius 2 is 1.82 bits per heavy atom. The van der Waals surface area contributed by atoms with Crippen molar-refractivity contribution in [3.63, 3.8) is 0 Å². The first-order chi connectivity index (χ1) is 21.9. The van der Waals surface area contributed by atoms with E-state index in [1.807, 2.05) is 29.2 Å². The van der Waals surface area contributed by atoms with Crippen LogP contribution in [0.2, 0.25) is 0 Å². The topological polar surface area (TPSA) is 48.1 Å². The second-order valence-corrected chi connectivity index (χ2v) is 12.1. The molecule has 0 radical (unpaired) electrons. The zero-order valence-electron chi connectivity index (χ0n) is 26.8. The molecule has 5 rings (SSSR count). The summed E-state index contributed by atoms with van der Waals surface area (Å²) in [4.78, 5) is 20.6. The van der Waals surface area contributed by atoms with E-state index in [2.05, 4.69) is 72.0 Å². The highest BCUT2D eigenvalue weighted by molar-refractivity contribution is 5.96. The maximum atomic E-state index is 13.8. The van der Waals surface area contributed by atoms with Gasteiger partial charge >= 0.3 is 0 Å². The van der Waals surface area contributed by atoms with Crippen LogP contribution in [0.5, 0.6) is 0 Å². The fourth-order valence-corrected chi connectivity index (χ4v) is 6.22. The van der Waals surface area contributed by atoms with E-state index >= 15 is 0 Å². The van der Waals surface area contributed by atoms with Gasteiger partial charge < -0.3 is 19.9 Å². The van der Waals surface area contributed by atoms with Gasteiger partial charge in [0.15, 0.2) is 0 Å². The number of aryl methyl sites for hydroxylation is 1. The standard InChI is InChI=1S/C38H47FN4O2/c1-4-5-6-11-32-27-33(15-16-36(32)40-35-13-9-12-34(39)28-35)38(44)42-19-17-31(18-20-42)30(3)43(37-14-8-7-10-29(37)2)22-21-41-23-25-45-26-24-41/h6-16,27-28,31,40H,3-5,17-26H2,1-2H3/b11-6-. The number of allylic oxidation sites excluding steroid dienone is 2. The molecule has 238 valence electrons. The number of hydrogen-bond donors (Lipinski definition) is 1. The molecular weight excluding hydrogens is 563 g/mol. The second-order valence-electron chi connectivity index (χ2n) is 12.1. The van der Waals surface area contributed by atoms with E-state index in [-0.39, 0.29) is 11.7 Å². The number of anilines is 3. The van der Waals surface area contributed by atoms with Crippen molar-refractivity contribution in [3.8, 4) is 0 Å². The fraction of sp³-hybridized carbons (Fsp3) is 0.395. The van der Waals surface area contributed by atoms with E-state index in [0.29, 0.717) is 30.3 Å². The number of piperidine rings is 1. The lowest BCUT2D eigenvalue weighted by atomic mass is 9.92. The molecule has 0 saturated carbocycles. The molecule has 1 N–H and O–H groups in total. The predicted molar refractivity (Wildman–Crippen MR) is 184 cm³/mol. The monoisotopic (exact) mass is 610 g/mol. The molecule has 7 heteroatoms. The first-order valence-electron chi connectivity index (χ1n) is 16.4. The van der Waals surface area contributed by atoms with Crippen molar-refractivity contribution in [1.82, 2.24) is 9.80 Å². The Hall–Kier alpha value is -3.94. The number of halogens is 1. The lowest BCUT2D eigenvalue weighted by Crippen LogP contribution is -2.44. The lowest BCUT2D eigenvalue weighted by Gasteiger charge is -2.39. The van der Waals surface area contributed by atoms with E-state index in [0.717, 1.165) is 82.0 Å². The average molecular weight is 611 g/mol. The third-order valence-electron chi connectivity index (χ3n) is 8.90. The number of rotatable bonds is 12. The van der Waals surface area contributed by atoms with Crippen LogP contribution in [-0.4, -0.2) is 68.2 Å². The molecule has 0 aromatic heterocycles. The van der Waals surface area contributed by atoms with Gasteiger partial charge in [0.05, 0.1) is 13.2 Å². The number of para-hydroxylation sites is 1. The summed E-state index contributed by atoms with van der Waals surface area (Å²) in [5.41, 5.74) is 6.69. The maximum absolute atomic E-state index is 13.8. The van der Waals surface area contributed by atoms with Crippen LogP contribution in [0.15, 0.2) is 85.1 Å². The molecule has 2 aliphatic rings. The van der Waals surface area contributed by atoms with Crippen LogP contribution < -0.4 is 10.2 Å². The summed E-state index contributed by atoms with van der Waals surface area (Å²) in [5, 5.41) is 3.32. The SMILES string of the molecule is C=C(C1CCN(C(=O)c2ccc(Nc3cccc(F)c3)c(/C=C\CCC)c2)CC1)N(CCN1CCOCC1)c1ccccc1C. The molecule has 0 unspecified atom stereocenters. The van der Waals surface area contributed by atoms with Gasteiger partial charge in [-0.15, -0.1) is 0 Å². The van der Waals surface area contributed by atoms with Crippen molar-refractivity contribution in [3.05, 3.63) is 108 Å². The minimum absolute atomic E-state index is 0.0459. The first kappa shape index (κ1) is 32.5. The molecule has 2 aliphatic heterocycles. The highest BCUT2D eigenvalue weighted by Crippen LogP contribution is 2.32. The molecule has 0 spiro atoms. The fourth-order valence-electron chi connectivity index (χ4n) is 6.22. The van der Waals surface area contributed by atoms with Gasteiger partial charge in [-0.1, -0.05) is 56.3 Å². The van der Waals surface area contributed by atoms with E-state index < -0.39 is 0 Å². The lowest BCUT2D eigenvalue weighted by molar-refractivity contribution is 0.0392. The number of nitrogens with one attached hydrogen (secondary N) is 1. The van der Waals surface area contributed by atoms with Gasteiger partial charge in [0.2, 0.25) is 0 Å². The first-order valence-corrected chi connectivity index (χ1v) is 16.4. The molecule has 1 amide bonds. The number of morpholine rings is 1. The van der Waals surface area contributed by atoms with Crippen LogP contribution in [-0.2, 0) is 4.74 Å². The van der Waals surface area contributed by atoms with Gasteiger partial charge in [0.25, 0.3) is 5.91 Å². The van der Waals surface area contributed by atoms with Gasteiger partial charge in [-0.05, 0) is 79.8 Å². The number of carbonyl (C=O) groups is 1. The normalized spacial score (nSPS) is 16.2. The Morgan fingerprint density at radius 1 is 1.04 bits per heavy atom. The second kappa shape index (κ2) is 15.9. The summed E-state index contributed by atoms with van der Waals surface area (Å²) in [5.74, 6) is 0.0633. The van der Waals surface area contributed by atoms with E-state index in [1.54, 1.807) is 6.07 Å². The molecule has 2 saturated heterocycles. The van der Waals surface area contributed by atoms with Gasteiger partial charge in [0, 0.05) is 73.5 Å². The Balaban J connectivity index is 1.26. The molecule has 2 fully saturated rings. The zero-order chi connectivity index (χ0) is 31.6. The summed E-state index contributed by atoms with van der Waals surface area (Å²) < 4.78 is 19.4.